The monoisotopic (exact) mass is 226 g/mol. The van der Waals surface area contributed by atoms with Crippen LogP contribution < -0.4 is 5.32 Å². The van der Waals surface area contributed by atoms with Crippen LogP contribution in [0.5, 0.6) is 0 Å². The number of aryl methyl sites for hydroxylation is 2. The van der Waals surface area contributed by atoms with Crippen LogP contribution in [0, 0.1) is 6.92 Å². The highest BCUT2D eigenvalue weighted by Crippen LogP contribution is 2.03. The van der Waals surface area contributed by atoms with E-state index in [4.69, 9.17) is 0 Å². The van der Waals surface area contributed by atoms with Gasteiger partial charge in [-0.3, -0.25) is 4.68 Å². The zero-order valence-electron chi connectivity index (χ0n) is 10.6. The van der Waals surface area contributed by atoms with Crippen LogP contribution in [0.15, 0.2) is 6.20 Å². The van der Waals surface area contributed by atoms with Crippen molar-refractivity contribution in [2.24, 2.45) is 7.05 Å². The molecule has 5 heteroatoms. The molecule has 0 radical (unpaired) electrons. The number of nitrogens with zero attached hydrogens (tertiary/aromatic N) is 3. The number of likely N-dealkylation sites (N-methyl/N-ethyl adjacent to an activating group) is 1. The molecule has 92 valence electrons. The molecule has 1 atom stereocenters. The molecule has 1 unspecified atom stereocenters. The fourth-order valence-corrected chi connectivity index (χ4v) is 1.68. The van der Waals surface area contributed by atoms with Crippen LogP contribution in [0.3, 0.4) is 0 Å². The van der Waals surface area contributed by atoms with E-state index >= 15 is 0 Å². The fourth-order valence-electron chi connectivity index (χ4n) is 1.68. The minimum atomic E-state index is -0.327. The number of rotatable bonds is 6. The van der Waals surface area contributed by atoms with Crippen molar-refractivity contribution in [1.29, 1.82) is 0 Å². The van der Waals surface area contributed by atoms with Gasteiger partial charge in [-0.15, -0.1) is 0 Å². The van der Waals surface area contributed by atoms with E-state index in [-0.39, 0.29) is 6.10 Å². The maximum absolute atomic E-state index is 9.65. The van der Waals surface area contributed by atoms with E-state index in [0.717, 1.165) is 12.2 Å². The van der Waals surface area contributed by atoms with Crippen molar-refractivity contribution >= 4 is 0 Å². The lowest BCUT2D eigenvalue weighted by molar-refractivity contribution is 0.134. The summed E-state index contributed by atoms with van der Waals surface area (Å²) in [5, 5.41) is 17.1. The van der Waals surface area contributed by atoms with Crippen LogP contribution in [0.25, 0.3) is 0 Å². The zero-order valence-corrected chi connectivity index (χ0v) is 10.6. The Labute approximate surface area is 97.1 Å². The highest BCUT2D eigenvalue weighted by molar-refractivity contribution is 5.14. The summed E-state index contributed by atoms with van der Waals surface area (Å²) in [6.45, 7) is 4.03. The summed E-state index contributed by atoms with van der Waals surface area (Å²) in [7, 11) is 5.82. The molecule has 0 aromatic carbocycles. The molecule has 0 aliphatic heterocycles. The predicted octanol–water partition coefficient (Wildman–Crippen LogP) is -0.259. The molecular weight excluding hydrogens is 204 g/mol. The molecule has 0 amide bonds. The lowest BCUT2D eigenvalue weighted by atomic mass is 10.2. The summed E-state index contributed by atoms with van der Waals surface area (Å²) in [5.74, 6) is 0. The first-order valence-electron chi connectivity index (χ1n) is 5.51. The minimum absolute atomic E-state index is 0.327. The van der Waals surface area contributed by atoms with Gasteiger partial charge in [0, 0.05) is 38.4 Å². The average molecular weight is 226 g/mol. The first-order valence-corrected chi connectivity index (χ1v) is 5.51. The van der Waals surface area contributed by atoms with E-state index < -0.39 is 0 Å². The van der Waals surface area contributed by atoms with Crippen LogP contribution in [-0.2, 0) is 13.6 Å². The standard InChI is InChI=1S/C11H22N4O/c1-9-10(7-15(4)13-9)5-12-6-11(16)8-14(2)3/h7,11-12,16H,5-6,8H2,1-4H3. The minimum Gasteiger partial charge on any atom is -0.390 e. The molecule has 2 N–H and O–H groups in total. The third-order valence-electron chi connectivity index (χ3n) is 2.39. The van der Waals surface area contributed by atoms with Gasteiger partial charge in [0.05, 0.1) is 11.8 Å². The number of hydrogen-bond acceptors (Lipinski definition) is 4. The molecule has 1 rings (SSSR count). The molecule has 0 fully saturated rings. The summed E-state index contributed by atoms with van der Waals surface area (Å²) >= 11 is 0. The van der Waals surface area contributed by atoms with Gasteiger partial charge in [-0.2, -0.15) is 5.10 Å². The highest BCUT2D eigenvalue weighted by Gasteiger charge is 2.06. The van der Waals surface area contributed by atoms with E-state index in [1.807, 2.05) is 43.8 Å². The van der Waals surface area contributed by atoms with E-state index in [0.29, 0.717) is 13.1 Å². The van der Waals surface area contributed by atoms with Crippen LogP contribution in [0.1, 0.15) is 11.3 Å². The zero-order chi connectivity index (χ0) is 12.1. The summed E-state index contributed by atoms with van der Waals surface area (Å²) in [4.78, 5) is 1.97. The van der Waals surface area contributed by atoms with Gasteiger partial charge in [-0.25, -0.2) is 0 Å². The maximum Gasteiger partial charge on any atom is 0.0791 e. The molecule has 16 heavy (non-hydrogen) atoms. The Hall–Kier alpha value is -0.910. The lowest BCUT2D eigenvalue weighted by Crippen LogP contribution is -2.34. The Morgan fingerprint density at radius 1 is 1.56 bits per heavy atom. The van der Waals surface area contributed by atoms with Gasteiger partial charge in [-0.05, 0) is 21.0 Å². The third kappa shape index (κ3) is 4.30. The smallest absolute Gasteiger partial charge is 0.0791 e. The van der Waals surface area contributed by atoms with Gasteiger partial charge in [0.15, 0.2) is 0 Å². The molecule has 0 aliphatic carbocycles. The van der Waals surface area contributed by atoms with Gasteiger partial charge in [0.1, 0.15) is 0 Å². The Morgan fingerprint density at radius 3 is 2.75 bits per heavy atom. The normalized spacial score (nSPS) is 13.4. The van der Waals surface area contributed by atoms with Crippen LogP contribution >= 0.6 is 0 Å². The molecule has 0 saturated carbocycles. The van der Waals surface area contributed by atoms with Crippen molar-refractivity contribution in [2.75, 3.05) is 27.2 Å². The highest BCUT2D eigenvalue weighted by atomic mass is 16.3. The summed E-state index contributed by atoms with van der Waals surface area (Å²) in [5.41, 5.74) is 2.22. The maximum atomic E-state index is 9.65. The molecule has 0 saturated heterocycles. The summed E-state index contributed by atoms with van der Waals surface area (Å²) in [6, 6.07) is 0. The van der Waals surface area contributed by atoms with Crippen molar-refractivity contribution in [1.82, 2.24) is 20.0 Å². The first-order chi connectivity index (χ1) is 7.49. The van der Waals surface area contributed by atoms with Gasteiger partial charge in [0.2, 0.25) is 0 Å². The van der Waals surface area contributed by atoms with Crippen LogP contribution in [0.2, 0.25) is 0 Å². The SMILES string of the molecule is Cc1nn(C)cc1CNCC(O)CN(C)C. The molecular formula is C11H22N4O. The molecule has 1 aromatic heterocycles. The quantitative estimate of drug-likeness (QED) is 0.702. The number of hydrogen-bond donors (Lipinski definition) is 2. The molecule has 0 spiro atoms. The van der Waals surface area contributed by atoms with Gasteiger partial charge >= 0.3 is 0 Å². The number of aliphatic hydroxyl groups is 1. The van der Waals surface area contributed by atoms with Crippen LogP contribution in [0.4, 0.5) is 0 Å². The Balaban J connectivity index is 2.27. The van der Waals surface area contributed by atoms with Crippen LogP contribution in [-0.4, -0.2) is 53.1 Å². The Morgan fingerprint density at radius 2 is 2.25 bits per heavy atom. The second-order valence-electron chi connectivity index (χ2n) is 4.46. The van der Waals surface area contributed by atoms with Crippen molar-refractivity contribution in [2.45, 2.75) is 19.6 Å². The first kappa shape index (κ1) is 13.2. The second kappa shape index (κ2) is 5.98. The average Bonchev–Trinajstić information content (AvgIpc) is 2.44. The topological polar surface area (TPSA) is 53.3 Å². The molecule has 0 aliphatic rings. The number of aliphatic hydroxyl groups excluding tert-OH is 1. The van der Waals surface area contributed by atoms with Crippen molar-refractivity contribution in [3.63, 3.8) is 0 Å². The molecule has 0 bridgehead atoms. The van der Waals surface area contributed by atoms with Gasteiger partial charge in [0.25, 0.3) is 0 Å². The number of aromatic nitrogens is 2. The van der Waals surface area contributed by atoms with Gasteiger partial charge in [-0.1, -0.05) is 0 Å². The summed E-state index contributed by atoms with van der Waals surface area (Å²) in [6.07, 6.45) is 1.67. The van der Waals surface area contributed by atoms with E-state index in [2.05, 4.69) is 10.4 Å². The van der Waals surface area contributed by atoms with Crippen molar-refractivity contribution in [3.8, 4) is 0 Å². The van der Waals surface area contributed by atoms with Crippen molar-refractivity contribution in [3.05, 3.63) is 17.5 Å². The lowest BCUT2D eigenvalue weighted by Gasteiger charge is -2.16. The van der Waals surface area contributed by atoms with E-state index in [1.165, 1.54) is 5.56 Å². The van der Waals surface area contributed by atoms with Crippen molar-refractivity contribution < 1.29 is 5.11 Å². The Kier molecular flexibility index (Phi) is 4.92. The molecule has 1 heterocycles. The Bertz CT molecular complexity index is 322. The largest absolute Gasteiger partial charge is 0.390 e. The van der Waals surface area contributed by atoms with E-state index in [1.54, 1.807) is 0 Å². The molecule has 1 aromatic rings. The number of nitrogens with one attached hydrogen (secondary N) is 1. The fraction of sp³-hybridized carbons (Fsp3) is 0.727. The molecule has 5 nitrogen and oxygen atoms in total. The van der Waals surface area contributed by atoms with E-state index in [9.17, 15) is 5.11 Å². The third-order valence-corrected chi connectivity index (χ3v) is 2.39. The second-order valence-corrected chi connectivity index (χ2v) is 4.46. The predicted molar refractivity (Wildman–Crippen MR) is 64.2 cm³/mol. The van der Waals surface area contributed by atoms with Gasteiger partial charge < -0.3 is 15.3 Å². The summed E-state index contributed by atoms with van der Waals surface area (Å²) < 4.78 is 1.81.